The molecule has 0 aliphatic carbocycles. The fourth-order valence-electron chi connectivity index (χ4n) is 1.74. The van der Waals surface area contributed by atoms with Crippen LogP contribution >= 0.6 is 15.9 Å². The molecule has 1 unspecified atom stereocenters. The van der Waals surface area contributed by atoms with E-state index in [1.807, 2.05) is 0 Å². The van der Waals surface area contributed by atoms with Crippen LogP contribution in [0.2, 0.25) is 0 Å². The minimum Gasteiger partial charge on any atom is -0.493 e. The second kappa shape index (κ2) is 7.80. The first-order valence-electron chi connectivity index (χ1n) is 6.71. The monoisotopic (exact) mass is 313 g/mol. The van der Waals surface area contributed by atoms with Crippen molar-refractivity contribution in [3.8, 4) is 5.75 Å². The number of nitrogens with one attached hydrogen (secondary N) is 1. The lowest BCUT2D eigenvalue weighted by molar-refractivity contribution is 0.252. The van der Waals surface area contributed by atoms with Crippen LogP contribution in [0.15, 0.2) is 16.6 Å². The highest BCUT2D eigenvalue weighted by atomic mass is 79.9. The number of ether oxygens (including phenoxy) is 1. The zero-order valence-corrected chi connectivity index (χ0v) is 13.4. The lowest BCUT2D eigenvalue weighted by Gasteiger charge is -2.17. The third-order valence-corrected chi connectivity index (χ3v) is 3.55. The maximum atomic E-state index is 6.01. The van der Waals surface area contributed by atoms with Gasteiger partial charge in [0.1, 0.15) is 5.75 Å². The van der Waals surface area contributed by atoms with Gasteiger partial charge in [0.2, 0.25) is 0 Å². The molecule has 18 heavy (non-hydrogen) atoms. The highest BCUT2D eigenvalue weighted by molar-refractivity contribution is 9.10. The second-order valence-corrected chi connectivity index (χ2v) is 5.73. The van der Waals surface area contributed by atoms with Crippen LogP contribution < -0.4 is 10.1 Å². The minimum atomic E-state index is 0.597. The van der Waals surface area contributed by atoms with Crippen molar-refractivity contribution in [2.24, 2.45) is 5.92 Å². The Morgan fingerprint density at radius 3 is 2.67 bits per heavy atom. The molecule has 1 rings (SSSR count). The van der Waals surface area contributed by atoms with Crippen molar-refractivity contribution >= 4 is 15.9 Å². The van der Waals surface area contributed by atoms with Crippen LogP contribution in [-0.2, 0) is 6.54 Å². The summed E-state index contributed by atoms with van der Waals surface area (Å²) < 4.78 is 7.13. The van der Waals surface area contributed by atoms with Gasteiger partial charge in [-0.2, -0.15) is 0 Å². The Morgan fingerprint density at radius 1 is 1.33 bits per heavy atom. The summed E-state index contributed by atoms with van der Waals surface area (Å²) in [5, 5.41) is 3.36. The van der Waals surface area contributed by atoms with Crippen LogP contribution in [0.1, 0.15) is 38.3 Å². The second-order valence-electron chi connectivity index (χ2n) is 4.82. The zero-order chi connectivity index (χ0) is 13.5. The van der Waals surface area contributed by atoms with Gasteiger partial charge in [0.05, 0.1) is 6.61 Å². The van der Waals surface area contributed by atoms with Crippen LogP contribution in [0.4, 0.5) is 0 Å². The van der Waals surface area contributed by atoms with Crippen molar-refractivity contribution in [2.75, 3.05) is 13.2 Å². The van der Waals surface area contributed by atoms with Gasteiger partial charge >= 0.3 is 0 Å². The number of hydrogen-bond acceptors (Lipinski definition) is 2. The van der Waals surface area contributed by atoms with Crippen molar-refractivity contribution < 1.29 is 4.74 Å². The summed E-state index contributed by atoms with van der Waals surface area (Å²) >= 11 is 3.55. The van der Waals surface area contributed by atoms with Gasteiger partial charge < -0.3 is 10.1 Å². The van der Waals surface area contributed by atoms with Crippen LogP contribution in [0.5, 0.6) is 5.75 Å². The van der Waals surface area contributed by atoms with Crippen LogP contribution in [0.3, 0.4) is 0 Å². The Labute approximate surface area is 119 Å². The van der Waals surface area contributed by atoms with E-state index in [9.17, 15) is 0 Å². The average molecular weight is 314 g/mol. The standard InChI is InChI=1S/C15H24BrNO/c1-5-11(3)10-18-15-12(4)7-14(16)8-13(15)9-17-6-2/h7-8,11,17H,5-6,9-10H2,1-4H3. The summed E-state index contributed by atoms with van der Waals surface area (Å²) in [4.78, 5) is 0. The molecule has 3 heteroatoms. The molecule has 0 fully saturated rings. The molecule has 1 atom stereocenters. The Bertz CT molecular complexity index is 379. The van der Waals surface area contributed by atoms with Gasteiger partial charge in [0.25, 0.3) is 0 Å². The molecule has 0 radical (unpaired) electrons. The smallest absolute Gasteiger partial charge is 0.126 e. The van der Waals surface area contributed by atoms with E-state index in [1.165, 1.54) is 11.1 Å². The van der Waals surface area contributed by atoms with Crippen molar-refractivity contribution in [1.82, 2.24) is 5.32 Å². The highest BCUT2D eigenvalue weighted by Gasteiger charge is 2.10. The molecule has 0 spiro atoms. The summed E-state index contributed by atoms with van der Waals surface area (Å²) in [5.41, 5.74) is 2.42. The van der Waals surface area contributed by atoms with Gasteiger partial charge in [0.15, 0.2) is 0 Å². The van der Waals surface area contributed by atoms with Crippen molar-refractivity contribution in [2.45, 2.75) is 40.7 Å². The molecule has 0 saturated heterocycles. The van der Waals surface area contributed by atoms with E-state index in [1.54, 1.807) is 0 Å². The molecule has 0 heterocycles. The fraction of sp³-hybridized carbons (Fsp3) is 0.600. The molecular formula is C15H24BrNO. The van der Waals surface area contributed by atoms with Gasteiger partial charge in [-0.05, 0) is 37.1 Å². The van der Waals surface area contributed by atoms with Gasteiger partial charge in [-0.1, -0.05) is 43.1 Å². The lowest BCUT2D eigenvalue weighted by atomic mass is 10.1. The molecular weight excluding hydrogens is 290 g/mol. The summed E-state index contributed by atoms with van der Waals surface area (Å²) in [6.07, 6.45) is 1.15. The number of halogens is 1. The van der Waals surface area contributed by atoms with Crippen molar-refractivity contribution in [3.63, 3.8) is 0 Å². The predicted octanol–water partition coefficient (Wildman–Crippen LogP) is 4.29. The van der Waals surface area contributed by atoms with Gasteiger partial charge in [-0.15, -0.1) is 0 Å². The van der Waals surface area contributed by atoms with Crippen molar-refractivity contribution in [3.05, 3.63) is 27.7 Å². The van der Waals surface area contributed by atoms with E-state index in [4.69, 9.17) is 4.74 Å². The van der Waals surface area contributed by atoms with Gasteiger partial charge in [-0.25, -0.2) is 0 Å². The maximum absolute atomic E-state index is 6.01. The van der Waals surface area contributed by atoms with Gasteiger partial charge in [0, 0.05) is 16.6 Å². The molecule has 102 valence electrons. The molecule has 0 bridgehead atoms. The number of benzene rings is 1. The lowest BCUT2D eigenvalue weighted by Crippen LogP contribution is -2.15. The topological polar surface area (TPSA) is 21.3 Å². The Balaban J connectivity index is 2.85. The Hall–Kier alpha value is -0.540. The molecule has 1 aromatic carbocycles. The number of aryl methyl sites for hydroxylation is 1. The SMILES string of the molecule is CCNCc1cc(Br)cc(C)c1OCC(C)CC. The molecule has 0 amide bonds. The van der Waals surface area contributed by atoms with E-state index in [-0.39, 0.29) is 0 Å². The molecule has 0 aromatic heterocycles. The van der Waals surface area contributed by atoms with E-state index >= 15 is 0 Å². The zero-order valence-electron chi connectivity index (χ0n) is 11.8. The van der Waals surface area contributed by atoms with E-state index in [0.29, 0.717) is 5.92 Å². The molecule has 1 aromatic rings. The van der Waals surface area contributed by atoms with Gasteiger partial charge in [-0.3, -0.25) is 0 Å². The molecule has 1 N–H and O–H groups in total. The molecule has 0 saturated carbocycles. The molecule has 0 aliphatic rings. The first kappa shape index (κ1) is 15.5. The third kappa shape index (κ3) is 4.62. The largest absolute Gasteiger partial charge is 0.493 e. The van der Waals surface area contributed by atoms with E-state index in [2.05, 4.69) is 61.1 Å². The average Bonchev–Trinajstić information content (AvgIpc) is 2.34. The minimum absolute atomic E-state index is 0.597. The number of rotatable bonds is 7. The van der Waals surface area contributed by atoms with Crippen LogP contribution in [-0.4, -0.2) is 13.2 Å². The number of hydrogen-bond donors (Lipinski definition) is 1. The third-order valence-electron chi connectivity index (χ3n) is 3.09. The van der Waals surface area contributed by atoms with Crippen LogP contribution in [0, 0.1) is 12.8 Å². The summed E-state index contributed by atoms with van der Waals surface area (Å²) in [6, 6.07) is 4.25. The Morgan fingerprint density at radius 2 is 2.06 bits per heavy atom. The Kier molecular flexibility index (Phi) is 6.72. The molecule has 2 nitrogen and oxygen atoms in total. The first-order chi connectivity index (χ1) is 8.58. The van der Waals surface area contributed by atoms with E-state index in [0.717, 1.165) is 36.3 Å². The predicted molar refractivity (Wildman–Crippen MR) is 81.2 cm³/mol. The van der Waals surface area contributed by atoms with E-state index < -0.39 is 0 Å². The quantitative estimate of drug-likeness (QED) is 0.810. The molecule has 0 aliphatic heterocycles. The first-order valence-corrected chi connectivity index (χ1v) is 7.50. The summed E-state index contributed by atoms with van der Waals surface area (Å²) in [6.45, 7) is 11.2. The normalized spacial score (nSPS) is 12.5. The maximum Gasteiger partial charge on any atom is 0.126 e. The summed E-state index contributed by atoms with van der Waals surface area (Å²) in [7, 11) is 0. The highest BCUT2D eigenvalue weighted by Crippen LogP contribution is 2.28. The van der Waals surface area contributed by atoms with Crippen molar-refractivity contribution in [1.29, 1.82) is 0 Å². The van der Waals surface area contributed by atoms with Crippen LogP contribution in [0.25, 0.3) is 0 Å². The fourth-order valence-corrected chi connectivity index (χ4v) is 2.36. The summed E-state index contributed by atoms with van der Waals surface area (Å²) in [5.74, 6) is 1.64.